The predicted molar refractivity (Wildman–Crippen MR) is 79.9 cm³/mol. The fourth-order valence-electron chi connectivity index (χ4n) is 1.94. The largest absolute Gasteiger partial charge is 0.296 e. The van der Waals surface area contributed by atoms with Crippen LogP contribution in [-0.2, 0) is 0 Å². The van der Waals surface area contributed by atoms with Gasteiger partial charge in [0.05, 0.1) is 5.69 Å². The summed E-state index contributed by atoms with van der Waals surface area (Å²) in [7, 11) is 0. The van der Waals surface area contributed by atoms with Crippen molar-refractivity contribution in [1.82, 2.24) is 10.2 Å². The number of rotatable bonds is 4. The molecule has 0 aliphatic carbocycles. The molecule has 0 unspecified atom stereocenters. The minimum atomic E-state index is -0.253. The van der Waals surface area contributed by atoms with E-state index >= 15 is 0 Å². The molecule has 0 saturated carbocycles. The highest BCUT2D eigenvalue weighted by molar-refractivity contribution is 7.99. The van der Waals surface area contributed by atoms with Crippen molar-refractivity contribution in [1.29, 1.82) is 0 Å². The lowest BCUT2D eigenvalue weighted by Gasteiger charge is -2.07. The Morgan fingerprint density at radius 2 is 1.86 bits per heavy atom. The third-order valence-electron chi connectivity index (χ3n) is 2.94. The molecular formula is C16H11FN2OS. The summed E-state index contributed by atoms with van der Waals surface area (Å²) in [6, 6.07) is 15.8. The number of H-pyrrole nitrogens is 1. The molecule has 0 aliphatic heterocycles. The summed E-state index contributed by atoms with van der Waals surface area (Å²) < 4.78 is 13.0. The van der Waals surface area contributed by atoms with Crippen molar-refractivity contribution in [2.75, 3.05) is 0 Å². The quantitative estimate of drug-likeness (QED) is 0.735. The Morgan fingerprint density at radius 3 is 2.57 bits per heavy atom. The smallest absolute Gasteiger partial charge is 0.170 e. The van der Waals surface area contributed by atoms with E-state index in [1.165, 1.54) is 23.9 Å². The molecule has 3 nitrogen and oxygen atoms in total. The topological polar surface area (TPSA) is 45.8 Å². The third kappa shape index (κ3) is 3.03. The van der Waals surface area contributed by atoms with Crippen LogP contribution in [0.3, 0.4) is 0 Å². The van der Waals surface area contributed by atoms with Gasteiger partial charge in [-0.15, -0.1) is 0 Å². The molecule has 1 aromatic heterocycles. The standard InChI is InChI=1S/C16H11FN2OS/c17-11-5-7-13(8-6-11)21-16-4-2-1-3-14(16)15-9-12(10-20)18-19-15/h1-10H,(H,18,19). The fourth-order valence-corrected chi connectivity index (χ4v) is 2.90. The van der Waals surface area contributed by atoms with Crippen molar-refractivity contribution in [2.24, 2.45) is 0 Å². The van der Waals surface area contributed by atoms with Gasteiger partial charge in [0.25, 0.3) is 0 Å². The molecule has 0 spiro atoms. The average Bonchev–Trinajstić information content (AvgIpc) is 2.99. The minimum Gasteiger partial charge on any atom is -0.296 e. The highest BCUT2D eigenvalue weighted by atomic mass is 32.2. The zero-order valence-corrected chi connectivity index (χ0v) is 11.7. The Labute approximate surface area is 125 Å². The van der Waals surface area contributed by atoms with Crippen molar-refractivity contribution >= 4 is 18.0 Å². The first-order valence-electron chi connectivity index (χ1n) is 6.29. The number of halogens is 1. The second kappa shape index (κ2) is 5.93. The molecule has 104 valence electrons. The number of aromatic amines is 1. The maximum Gasteiger partial charge on any atom is 0.170 e. The number of carbonyl (C=O) groups excluding carboxylic acids is 1. The van der Waals surface area contributed by atoms with Crippen LogP contribution in [0.5, 0.6) is 0 Å². The van der Waals surface area contributed by atoms with Crippen LogP contribution in [-0.4, -0.2) is 16.5 Å². The van der Waals surface area contributed by atoms with Gasteiger partial charge in [-0.05, 0) is 36.4 Å². The second-order valence-corrected chi connectivity index (χ2v) is 5.49. The van der Waals surface area contributed by atoms with Crippen LogP contribution in [0.25, 0.3) is 11.3 Å². The van der Waals surface area contributed by atoms with Gasteiger partial charge >= 0.3 is 0 Å². The van der Waals surface area contributed by atoms with E-state index in [1.807, 2.05) is 24.3 Å². The van der Waals surface area contributed by atoms with Crippen molar-refractivity contribution in [3.63, 3.8) is 0 Å². The summed E-state index contributed by atoms with van der Waals surface area (Å²) in [6.07, 6.45) is 0.704. The number of carbonyl (C=O) groups is 1. The van der Waals surface area contributed by atoms with Crippen molar-refractivity contribution in [3.8, 4) is 11.3 Å². The molecular weight excluding hydrogens is 287 g/mol. The number of nitrogens with one attached hydrogen (secondary N) is 1. The van der Waals surface area contributed by atoms with Crippen molar-refractivity contribution < 1.29 is 9.18 Å². The lowest BCUT2D eigenvalue weighted by Crippen LogP contribution is -1.83. The second-order valence-electron chi connectivity index (χ2n) is 4.38. The summed E-state index contributed by atoms with van der Waals surface area (Å²) in [5.74, 6) is -0.253. The Morgan fingerprint density at radius 1 is 1.10 bits per heavy atom. The SMILES string of the molecule is O=Cc1cc(-c2ccccc2Sc2ccc(F)cc2)[nH]n1. The van der Waals surface area contributed by atoms with E-state index in [9.17, 15) is 9.18 Å². The first-order chi connectivity index (χ1) is 10.3. The molecule has 3 aromatic rings. The van der Waals surface area contributed by atoms with Gasteiger partial charge in [-0.2, -0.15) is 5.10 Å². The lowest BCUT2D eigenvalue weighted by molar-refractivity contribution is 0.111. The predicted octanol–water partition coefficient (Wildman–Crippen LogP) is 4.18. The van der Waals surface area contributed by atoms with E-state index in [0.717, 1.165) is 21.0 Å². The van der Waals surface area contributed by atoms with Crippen LogP contribution in [0.1, 0.15) is 10.5 Å². The van der Waals surface area contributed by atoms with Gasteiger partial charge in [-0.25, -0.2) is 4.39 Å². The van der Waals surface area contributed by atoms with E-state index in [4.69, 9.17) is 0 Å². The summed E-state index contributed by atoms with van der Waals surface area (Å²) >= 11 is 1.53. The fraction of sp³-hybridized carbons (Fsp3) is 0. The molecule has 1 N–H and O–H groups in total. The van der Waals surface area contributed by atoms with E-state index in [2.05, 4.69) is 10.2 Å². The zero-order valence-electron chi connectivity index (χ0n) is 10.9. The molecule has 0 amide bonds. The Hall–Kier alpha value is -2.40. The van der Waals surface area contributed by atoms with Crippen molar-refractivity contribution in [3.05, 3.63) is 66.1 Å². The van der Waals surface area contributed by atoms with Crippen LogP contribution in [0.2, 0.25) is 0 Å². The molecule has 21 heavy (non-hydrogen) atoms. The van der Waals surface area contributed by atoms with Crippen LogP contribution in [0, 0.1) is 5.82 Å². The van der Waals surface area contributed by atoms with E-state index in [-0.39, 0.29) is 5.82 Å². The first-order valence-corrected chi connectivity index (χ1v) is 7.11. The number of hydrogen-bond donors (Lipinski definition) is 1. The van der Waals surface area contributed by atoms with Crippen molar-refractivity contribution in [2.45, 2.75) is 9.79 Å². The molecule has 2 aromatic carbocycles. The number of hydrogen-bond acceptors (Lipinski definition) is 3. The molecule has 0 saturated heterocycles. The van der Waals surface area contributed by atoms with Gasteiger partial charge in [-0.3, -0.25) is 9.89 Å². The normalized spacial score (nSPS) is 10.5. The maximum absolute atomic E-state index is 13.0. The summed E-state index contributed by atoms with van der Waals surface area (Å²) in [5, 5.41) is 6.77. The van der Waals surface area contributed by atoms with Gasteiger partial charge in [0, 0.05) is 15.4 Å². The summed E-state index contributed by atoms with van der Waals surface area (Å²) in [4.78, 5) is 12.7. The molecule has 0 aliphatic rings. The van der Waals surface area contributed by atoms with Gasteiger partial charge in [0.2, 0.25) is 0 Å². The van der Waals surface area contributed by atoms with Gasteiger partial charge in [-0.1, -0.05) is 30.0 Å². The monoisotopic (exact) mass is 298 g/mol. The van der Waals surface area contributed by atoms with E-state index < -0.39 is 0 Å². The number of aromatic nitrogens is 2. The van der Waals surface area contributed by atoms with Crippen LogP contribution >= 0.6 is 11.8 Å². The average molecular weight is 298 g/mol. The number of nitrogens with zero attached hydrogens (tertiary/aromatic N) is 1. The molecule has 0 bridgehead atoms. The first kappa shape index (κ1) is 13.6. The summed E-state index contributed by atoms with van der Waals surface area (Å²) in [5.41, 5.74) is 2.10. The highest BCUT2D eigenvalue weighted by Gasteiger charge is 2.09. The van der Waals surface area contributed by atoms with Crippen LogP contribution in [0.15, 0.2) is 64.4 Å². The lowest BCUT2D eigenvalue weighted by atomic mass is 10.1. The number of benzene rings is 2. The Bertz CT molecular complexity index is 768. The molecule has 0 fully saturated rings. The summed E-state index contributed by atoms with van der Waals surface area (Å²) in [6.45, 7) is 0. The maximum atomic E-state index is 13.0. The Balaban J connectivity index is 1.95. The van der Waals surface area contributed by atoms with E-state index in [0.29, 0.717) is 12.0 Å². The zero-order chi connectivity index (χ0) is 14.7. The molecule has 3 rings (SSSR count). The number of aldehydes is 1. The molecule has 5 heteroatoms. The van der Waals surface area contributed by atoms with E-state index in [1.54, 1.807) is 18.2 Å². The van der Waals surface area contributed by atoms with Gasteiger partial charge < -0.3 is 0 Å². The highest BCUT2D eigenvalue weighted by Crippen LogP contribution is 2.35. The van der Waals surface area contributed by atoms with Crippen LogP contribution in [0.4, 0.5) is 4.39 Å². The molecule has 0 atom stereocenters. The Kier molecular flexibility index (Phi) is 3.83. The van der Waals surface area contributed by atoms with Crippen LogP contribution < -0.4 is 0 Å². The minimum absolute atomic E-state index is 0.253. The molecule has 0 radical (unpaired) electrons. The van der Waals surface area contributed by atoms with Gasteiger partial charge in [0.1, 0.15) is 11.5 Å². The third-order valence-corrected chi connectivity index (χ3v) is 4.02. The molecule has 1 heterocycles. The van der Waals surface area contributed by atoms with Gasteiger partial charge in [0.15, 0.2) is 6.29 Å².